The summed E-state index contributed by atoms with van der Waals surface area (Å²) in [6, 6.07) is 10.2. The van der Waals surface area contributed by atoms with Gasteiger partial charge in [0, 0.05) is 16.8 Å². The lowest BCUT2D eigenvalue weighted by atomic mass is 10.2. The number of nitrogens with zero attached hydrogens (tertiary/aromatic N) is 2. The van der Waals surface area contributed by atoms with Crippen molar-refractivity contribution in [1.29, 1.82) is 0 Å². The molecule has 0 aliphatic carbocycles. The van der Waals surface area contributed by atoms with Crippen LogP contribution >= 0.6 is 11.8 Å². The van der Waals surface area contributed by atoms with Crippen LogP contribution in [-0.2, 0) is 5.75 Å². The molecular weight excluding hydrogens is 270 g/mol. The molecular formula is C15H17N3OS. The Hall–Kier alpha value is -2.01. The fraction of sp³-hybridized carbons (Fsp3) is 0.200. The van der Waals surface area contributed by atoms with Gasteiger partial charge in [0.25, 0.3) is 0 Å². The van der Waals surface area contributed by atoms with Gasteiger partial charge in [-0.25, -0.2) is 0 Å². The summed E-state index contributed by atoms with van der Waals surface area (Å²) in [5.41, 5.74) is 9.65. The van der Waals surface area contributed by atoms with Crippen LogP contribution in [0.2, 0.25) is 0 Å². The molecule has 0 saturated carbocycles. The van der Waals surface area contributed by atoms with Crippen LogP contribution in [0.25, 0.3) is 0 Å². The van der Waals surface area contributed by atoms with E-state index in [4.69, 9.17) is 10.9 Å². The molecule has 0 spiro atoms. The van der Waals surface area contributed by atoms with Crippen LogP contribution in [0, 0.1) is 13.8 Å². The van der Waals surface area contributed by atoms with E-state index < -0.39 is 0 Å². The summed E-state index contributed by atoms with van der Waals surface area (Å²) in [5.74, 6) is 0.849. The maximum absolute atomic E-state index is 8.67. The number of amidine groups is 1. The van der Waals surface area contributed by atoms with E-state index in [0.29, 0.717) is 5.69 Å². The Bertz CT molecular complexity index is 641. The SMILES string of the molecule is Cc1ccc(C)c(SCc2ccnc(C(N)=NO)c2)c1. The number of rotatable bonds is 4. The Balaban J connectivity index is 2.13. The number of benzene rings is 1. The first-order valence-corrected chi connectivity index (χ1v) is 7.21. The number of oxime groups is 1. The van der Waals surface area contributed by atoms with E-state index in [1.165, 1.54) is 16.0 Å². The molecule has 2 rings (SSSR count). The fourth-order valence-corrected chi connectivity index (χ4v) is 2.85. The van der Waals surface area contributed by atoms with Crippen molar-refractivity contribution in [2.45, 2.75) is 24.5 Å². The molecule has 3 N–H and O–H groups in total. The quantitative estimate of drug-likeness (QED) is 0.298. The predicted octanol–water partition coefficient (Wildman–Crippen LogP) is 3.09. The first-order valence-electron chi connectivity index (χ1n) is 6.23. The van der Waals surface area contributed by atoms with Gasteiger partial charge in [0.2, 0.25) is 0 Å². The van der Waals surface area contributed by atoms with Gasteiger partial charge in [-0.3, -0.25) is 4.98 Å². The molecule has 1 aromatic carbocycles. The van der Waals surface area contributed by atoms with Crippen LogP contribution in [0.15, 0.2) is 46.6 Å². The number of nitrogens with two attached hydrogens (primary N) is 1. The zero-order valence-electron chi connectivity index (χ0n) is 11.5. The molecule has 0 saturated heterocycles. The Morgan fingerprint density at radius 3 is 2.85 bits per heavy atom. The van der Waals surface area contributed by atoms with Crippen LogP contribution in [-0.4, -0.2) is 16.0 Å². The number of aryl methyl sites for hydroxylation is 2. The highest BCUT2D eigenvalue weighted by Gasteiger charge is 2.04. The number of hydrogen-bond acceptors (Lipinski definition) is 4. The van der Waals surface area contributed by atoms with E-state index in [-0.39, 0.29) is 5.84 Å². The van der Waals surface area contributed by atoms with Gasteiger partial charge in [-0.15, -0.1) is 11.8 Å². The molecule has 104 valence electrons. The minimum atomic E-state index is 0.0311. The molecule has 0 aliphatic rings. The van der Waals surface area contributed by atoms with Crippen molar-refractivity contribution in [3.05, 3.63) is 58.9 Å². The first-order chi connectivity index (χ1) is 9.60. The third-order valence-electron chi connectivity index (χ3n) is 2.93. The summed E-state index contributed by atoms with van der Waals surface area (Å²) in [6.45, 7) is 4.20. The molecule has 5 heteroatoms. The van der Waals surface area contributed by atoms with Crippen LogP contribution in [0.4, 0.5) is 0 Å². The minimum Gasteiger partial charge on any atom is -0.409 e. The molecule has 1 heterocycles. The third-order valence-corrected chi connectivity index (χ3v) is 4.16. The maximum Gasteiger partial charge on any atom is 0.188 e. The van der Waals surface area contributed by atoms with Gasteiger partial charge in [0.05, 0.1) is 0 Å². The summed E-state index contributed by atoms with van der Waals surface area (Å²) < 4.78 is 0. The highest BCUT2D eigenvalue weighted by Crippen LogP contribution is 2.26. The molecule has 0 bridgehead atoms. The van der Waals surface area contributed by atoms with Gasteiger partial charge in [0.15, 0.2) is 5.84 Å². The lowest BCUT2D eigenvalue weighted by Crippen LogP contribution is -2.15. The van der Waals surface area contributed by atoms with Crippen LogP contribution in [0.3, 0.4) is 0 Å². The van der Waals surface area contributed by atoms with Crippen LogP contribution < -0.4 is 5.73 Å². The van der Waals surface area contributed by atoms with Gasteiger partial charge >= 0.3 is 0 Å². The average molecular weight is 287 g/mol. The van der Waals surface area contributed by atoms with Crippen LogP contribution in [0.1, 0.15) is 22.4 Å². The molecule has 0 radical (unpaired) electrons. The van der Waals surface area contributed by atoms with E-state index in [9.17, 15) is 0 Å². The van der Waals surface area contributed by atoms with Crippen molar-refractivity contribution in [1.82, 2.24) is 4.98 Å². The second kappa shape index (κ2) is 6.43. The molecule has 4 nitrogen and oxygen atoms in total. The third kappa shape index (κ3) is 3.51. The molecule has 0 atom stereocenters. The Labute approximate surface area is 122 Å². The lowest BCUT2D eigenvalue weighted by Gasteiger charge is -2.07. The van der Waals surface area contributed by atoms with Crippen molar-refractivity contribution in [3.8, 4) is 0 Å². The zero-order valence-corrected chi connectivity index (χ0v) is 12.3. The van der Waals surface area contributed by atoms with E-state index in [2.05, 4.69) is 42.2 Å². The second-order valence-corrected chi connectivity index (χ2v) is 5.61. The smallest absolute Gasteiger partial charge is 0.188 e. The molecule has 0 aliphatic heterocycles. The first kappa shape index (κ1) is 14.4. The highest BCUT2D eigenvalue weighted by atomic mass is 32.2. The average Bonchev–Trinajstić information content (AvgIpc) is 2.47. The van der Waals surface area contributed by atoms with Gasteiger partial charge in [-0.05, 0) is 43.2 Å². The standard InChI is InChI=1S/C15H17N3OS/c1-10-3-4-11(2)14(7-10)20-9-12-5-6-17-13(8-12)15(16)18-19/h3-8,19H,9H2,1-2H3,(H2,16,18). The highest BCUT2D eigenvalue weighted by molar-refractivity contribution is 7.98. The topological polar surface area (TPSA) is 71.5 Å². The Morgan fingerprint density at radius 1 is 1.30 bits per heavy atom. The summed E-state index contributed by atoms with van der Waals surface area (Å²) >= 11 is 1.77. The normalized spacial score (nSPS) is 11.6. The van der Waals surface area contributed by atoms with E-state index >= 15 is 0 Å². The molecule has 0 fully saturated rings. The van der Waals surface area contributed by atoms with E-state index in [1.807, 2.05) is 12.1 Å². The summed E-state index contributed by atoms with van der Waals surface area (Å²) in [4.78, 5) is 5.34. The van der Waals surface area contributed by atoms with Gasteiger partial charge in [-0.1, -0.05) is 22.9 Å². The van der Waals surface area contributed by atoms with Gasteiger partial charge in [0.1, 0.15) is 5.69 Å². The second-order valence-electron chi connectivity index (χ2n) is 4.59. The maximum atomic E-state index is 8.67. The van der Waals surface area contributed by atoms with Gasteiger partial charge < -0.3 is 10.9 Å². The molecule has 2 aromatic rings. The zero-order chi connectivity index (χ0) is 14.5. The molecule has 1 aromatic heterocycles. The number of pyridine rings is 1. The summed E-state index contributed by atoms with van der Waals surface area (Å²) in [6.07, 6.45) is 1.67. The molecule has 0 unspecified atom stereocenters. The van der Waals surface area contributed by atoms with Crippen molar-refractivity contribution >= 4 is 17.6 Å². The van der Waals surface area contributed by atoms with E-state index in [0.717, 1.165) is 11.3 Å². The number of hydrogen-bond donors (Lipinski definition) is 2. The van der Waals surface area contributed by atoms with Gasteiger partial charge in [-0.2, -0.15) is 0 Å². The monoisotopic (exact) mass is 287 g/mol. The Morgan fingerprint density at radius 2 is 2.10 bits per heavy atom. The summed E-state index contributed by atoms with van der Waals surface area (Å²) in [7, 11) is 0. The molecule has 0 amide bonds. The molecule has 20 heavy (non-hydrogen) atoms. The van der Waals surface area contributed by atoms with Crippen molar-refractivity contribution in [2.24, 2.45) is 10.9 Å². The Kier molecular flexibility index (Phi) is 4.63. The number of aromatic nitrogens is 1. The summed E-state index contributed by atoms with van der Waals surface area (Å²) in [5, 5.41) is 11.6. The van der Waals surface area contributed by atoms with E-state index in [1.54, 1.807) is 18.0 Å². The lowest BCUT2D eigenvalue weighted by molar-refractivity contribution is 0.318. The predicted molar refractivity (Wildman–Crippen MR) is 82.2 cm³/mol. The van der Waals surface area contributed by atoms with Crippen molar-refractivity contribution in [2.75, 3.05) is 0 Å². The van der Waals surface area contributed by atoms with Crippen LogP contribution in [0.5, 0.6) is 0 Å². The van der Waals surface area contributed by atoms with Crippen molar-refractivity contribution in [3.63, 3.8) is 0 Å². The fourth-order valence-electron chi connectivity index (χ4n) is 1.78. The largest absolute Gasteiger partial charge is 0.409 e. The minimum absolute atomic E-state index is 0.0311. The number of thioether (sulfide) groups is 1. The van der Waals surface area contributed by atoms with Crippen molar-refractivity contribution < 1.29 is 5.21 Å².